The quantitative estimate of drug-likeness (QED) is 0.794. The fraction of sp³-hybridized carbons (Fsp3) is 0.550. The van der Waals surface area contributed by atoms with Gasteiger partial charge in [0.2, 0.25) is 11.8 Å². The molecule has 1 aliphatic heterocycles. The molecule has 6 nitrogen and oxygen atoms in total. The zero-order chi connectivity index (χ0) is 18.5. The van der Waals surface area contributed by atoms with Gasteiger partial charge in [0.15, 0.2) is 0 Å². The fourth-order valence-electron chi connectivity index (χ4n) is 3.16. The number of rotatable bonds is 6. The van der Waals surface area contributed by atoms with Gasteiger partial charge < -0.3 is 15.0 Å². The largest absolute Gasteiger partial charge is 0.462 e. The van der Waals surface area contributed by atoms with Crippen LogP contribution in [0.25, 0.3) is 0 Å². The average Bonchev–Trinajstić information content (AvgIpc) is 3.51. The Labute approximate surface area is 153 Å². The zero-order valence-corrected chi connectivity index (χ0v) is 15.2. The number of carbonyl (C=O) groups is 3. The minimum atomic E-state index is -0.350. The number of amides is 2. The number of piperidine rings is 1. The summed E-state index contributed by atoms with van der Waals surface area (Å²) in [5, 5.41) is 2.91. The highest BCUT2D eigenvalue weighted by Gasteiger charge is 2.35. The van der Waals surface area contributed by atoms with Gasteiger partial charge in [-0.15, -0.1) is 0 Å². The highest BCUT2D eigenvalue weighted by Crippen LogP contribution is 2.32. The molecule has 2 amide bonds. The lowest BCUT2D eigenvalue weighted by Gasteiger charge is -2.31. The van der Waals surface area contributed by atoms with Crippen LogP contribution in [0.3, 0.4) is 0 Å². The van der Waals surface area contributed by atoms with Gasteiger partial charge in [-0.1, -0.05) is 6.92 Å². The molecule has 0 unspecified atom stereocenters. The Morgan fingerprint density at radius 2 is 1.69 bits per heavy atom. The molecular weight excluding hydrogens is 332 g/mol. The normalized spacial score (nSPS) is 17.7. The molecule has 0 radical (unpaired) electrons. The third-order valence-electron chi connectivity index (χ3n) is 4.93. The van der Waals surface area contributed by atoms with Crippen LogP contribution in [0.2, 0.25) is 0 Å². The van der Waals surface area contributed by atoms with E-state index >= 15 is 0 Å². The van der Waals surface area contributed by atoms with Gasteiger partial charge in [-0.25, -0.2) is 4.79 Å². The molecule has 1 N–H and O–H groups in total. The third-order valence-corrected chi connectivity index (χ3v) is 4.93. The minimum Gasteiger partial charge on any atom is -0.462 e. The van der Waals surface area contributed by atoms with E-state index in [9.17, 15) is 14.4 Å². The first-order valence-corrected chi connectivity index (χ1v) is 9.45. The number of ether oxygens (including phenoxy) is 1. The van der Waals surface area contributed by atoms with E-state index in [1.54, 1.807) is 24.3 Å². The van der Waals surface area contributed by atoms with E-state index in [-0.39, 0.29) is 29.6 Å². The SMILES string of the molecule is CCCOC(=O)c1ccc(NC(=O)C2CCN(C(=O)C3CC3)CC2)cc1. The minimum absolute atomic E-state index is 0.0233. The highest BCUT2D eigenvalue weighted by molar-refractivity contribution is 5.94. The van der Waals surface area contributed by atoms with E-state index in [4.69, 9.17) is 4.74 Å². The van der Waals surface area contributed by atoms with Gasteiger partial charge in [-0.2, -0.15) is 0 Å². The number of esters is 1. The maximum absolute atomic E-state index is 12.4. The number of likely N-dealkylation sites (tertiary alicyclic amines) is 1. The monoisotopic (exact) mass is 358 g/mol. The van der Waals surface area contributed by atoms with Crippen molar-refractivity contribution in [2.24, 2.45) is 11.8 Å². The van der Waals surface area contributed by atoms with Crippen molar-refractivity contribution in [3.8, 4) is 0 Å². The number of nitrogens with one attached hydrogen (secondary N) is 1. The fourth-order valence-corrected chi connectivity index (χ4v) is 3.16. The summed E-state index contributed by atoms with van der Waals surface area (Å²) in [5.41, 5.74) is 1.14. The molecule has 0 atom stereocenters. The summed E-state index contributed by atoms with van der Waals surface area (Å²) < 4.78 is 5.09. The van der Waals surface area contributed by atoms with Crippen molar-refractivity contribution in [3.63, 3.8) is 0 Å². The molecule has 26 heavy (non-hydrogen) atoms. The molecule has 2 aliphatic rings. The Bertz CT molecular complexity index is 659. The third kappa shape index (κ3) is 4.62. The van der Waals surface area contributed by atoms with Crippen LogP contribution in [0.15, 0.2) is 24.3 Å². The van der Waals surface area contributed by atoms with Crippen molar-refractivity contribution in [1.29, 1.82) is 0 Å². The highest BCUT2D eigenvalue weighted by atomic mass is 16.5. The summed E-state index contributed by atoms with van der Waals surface area (Å²) in [6, 6.07) is 6.74. The van der Waals surface area contributed by atoms with Crippen molar-refractivity contribution in [1.82, 2.24) is 4.90 Å². The predicted molar refractivity (Wildman–Crippen MR) is 97.7 cm³/mol. The molecule has 1 aromatic carbocycles. The summed E-state index contributed by atoms with van der Waals surface area (Å²) in [6.45, 7) is 3.67. The van der Waals surface area contributed by atoms with Crippen molar-refractivity contribution < 1.29 is 19.1 Å². The number of anilines is 1. The van der Waals surface area contributed by atoms with Crippen LogP contribution < -0.4 is 5.32 Å². The van der Waals surface area contributed by atoms with Crippen LogP contribution in [-0.4, -0.2) is 42.4 Å². The standard InChI is InChI=1S/C20H26N2O4/c1-2-13-26-20(25)16-5-7-17(8-6-16)21-18(23)14-9-11-22(12-10-14)19(24)15-3-4-15/h5-8,14-15H,2-4,9-13H2,1H3,(H,21,23). The van der Waals surface area contributed by atoms with E-state index in [1.165, 1.54) is 0 Å². The zero-order valence-electron chi connectivity index (χ0n) is 15.2. The second kappa shape index (κ2) is 8.34. The van der Waals surface area contributed by atoms with Crippen LogP contribution in [-0.2, 0) is 14.3 Å². The van der Waals surface area contributed by atoms with Gasteiger partial charge in [0, 0.05) is 30.6 Å². The maximum Gasteiger partial charge on any atom is 0.338 e. The van der Waals surface area contributed by atoms with Gasteiger partial charge in [-0.3, -0.25) is 9.59 Å². The molecule has 140 valence electrons. The molecule has 1 heterocycles. The van der Waals surface area contributed by atoms with E-state index in [2.05, 4.69) is 5.32 Å². The first-order valence-electron chi connectivity index (χ1n) is 9.45. The van der Waals surface area contributed by atoms with Gasteiger partial charge in [0.1, 0.15) is 0 Å². The summed E-state index contributed by atoms with van der Waals surface area (Å²) >= 11 is 0. The number of nitrogens with zero attached hydrogens (tertiary/aromatic N) is 1. The molecule has 0 spiro atoms. The number of hydrogen-bond acceptors (Lipinski definition) is 4. The van der Waals surface area contributed by atoms with Crippen LogP contribution in [0.4, 0.5) is 5.69 Å². The maximum atomic E-state index is 12.4. The molecule has 6 heteroatoms. The van der Waals surface area contributed by atoms with Crippen molar-refractivity contribution in [2.45, 2.75) is 39.0 Å². The Morgan fingerprint density at radius 3 is 2.27 bits per heavy atom. The molecule has 1 saturated heterocycles. The second-order valence-corrected chi connectivity index (χ2v) is 7.08. The second-order valence-electron chi connectivity index (χ2n) is 7.08. The van der Waals surface area contributed by atoms with Gasteiger partial charge in [0.25, 0.3) is 0 Å². The van der Waals surface area contributed by atoms with Gasteiger partial charge in [-0.05, 0) is 56.4 Å². The van der Waals surface area contributed by atoms with Crippen molar-refractivity contribution >= 4 is 23.5 Å². The van der Waals surface area contributed by atoms with Crippen molar-refractivity contribution in [3.05, 3.63) is 29.8 Å². The molecule has 0 bridgehead atoms. The topological polar surface area (TPSA) is 75.7 Å². The lowest BCUT2D eigenvalue weighted by atomic mass is 9.95. The Morgan fingerprint density at radius 1 is 1.04 bits per heavy atom. The van der Waals surface area contributed by atoms with Gasteiger partial charge >= 0.3 is 5.97 Å². The molecule has 1 saturated carbocycles. The van der Waals surface area contributed by atoms with E-state index in [1.807, 2.05) is 11.8 Å². The lowest BCUT2D eigenvalue weighted by molar-refractivity contribution is -0.135. The Balaban J connectivity index is 1.47. The number of carbonyl (C=O) groups excluding carboxylic acids is 3. The molecule has 2 fully saturated rings. The summed E-state index contributed by atoms with van der Waals surface area (Å²) in [4.78, 5) is 38.2. The molecule has 0 aromatic heterocycles. The number of hydrogen-bond donors (Lipinski definition) is 1. The van der Waals surface area contributed by atoms with Crippen LogP contribution in [0, 0.1) is 11.8 Å². The summed E-state index contributed by atoms with van der Waals surface area (Å²) in [6.07, 6.45) is 4.21. The van der Waals surface area contributed by atoms with Crippen LogP contribution >= 0.6 is 0 Å². The predicted octanol–water partition coefficient (Wildman–Crippen LogP) is 2.84. The molecule has 1 aromatic rings. The molecule has 3 rings (SSSR count). The van der Waals surface area contributed by atoms with Crippen LogP contribution in [0.5, 0.6) is 0 Å². The van der Waals surface area contributed by atoms with E-state index in [0.29, 0.717) is 43.8 Å². The van der Waals surface area contributed by atoms with Gasteiger partial charge in [0.05, 0.1) is 12.2 Å². The summed E-state index contributed by atoms with van der Waals surface area (Å²) in [7, 11) is 0. The smallest absolute Gasteiger partial charge is 0.338 e. The molecule has 1 aliphatic carbocycles. The van der Waals surface area contributed by atoms with Crippen molar-refractivity contribution in [2.75, 3.05) is 25.0 Å². The van der Waals surface area contributed by atoms with E-state index in [0.717, 1.165) is 19.3 Å². The first kappa shape index (κ1) is 18.4. The average molecular weight is 358 g/mol. The number of benzene rings is 1. The van der Waals surface area contributed by atoms with E-state index < -0.39 is 0 Å². The summed E-state index contributed by atoms with van der Waals surface area (Å²) in [5.74, 6) is 0.0482. The molecular formula is C20H26N2O4. The Kier molecular flexibility index (Phi) is 5.91. The lowest BCUT2D eigenvalue weighted by Crippen LogP contribution is -2.42. The van der Waals surface area contributed by atoms with Crippen LogP contribution in [0.1, 0.15) is 49.4 Å². The first-order chi connectivity index (χ1) is 12.6. The Hall–Kier alpha value is -2.37.